The molecule has 0 unspecified atom stereocenters. The number of fused-ring (bicyclic) bond motifs is 1. The van der Waals surface area contributed by atoms with Crippen molar-refractivity contribution in [2.75, 3.05) is 11.1 Å². The number of ether oxygens (including phenoxy) is 1. The van der Waals surface area contributed by atoms with Crippen LogP contribution in [0.15, 0.2) is 39.0 Å². The topological polar surface area (TPSA) is 134 Å². The molecule has 0 fully saturated rings. The lowest BCUT2D eigenvalue weighted by Crippen LogP contribution is -2.37. The normalized spacial score (nSPS) is 12.2. The van der Waals surface area contributed by atoms with Crippen LogP contribution in [0.1, 0.15) is 6.42 Å². The zero-order valence-electron chi connectivity index (χ0n) is 17.5. The number of hydrogen-bond acceptors (Lipinski definition) is 7. The summed E-state index contributed by atoms with van der Waals surface area (Å²) < 4.78 is 68.8. The average Bonchev–Trinajstić information content (AvgIpc) is 3.08. The Labute approximate surface area is 183 Å². The Morgan fingerprint density at radius 1 is 1.06 bits per heavy atom. The minimum Gasteiger partial charge on any atom is -0.406 e. The van der Waals surface area contributed by atoms with Crippen molar-refractivity contribution in [1.82, 2.24) is 18.7 Å². The van der Waals surface area contributed by atoms with Crippen LogP contribution in [-0.4, -0.2) is 45.1 Å². The maximum absolute atomic E-state index is 12.8. The van der Waals surface area contributed by atoms with Crippen LogP contribution in [-0.2, 0) is 35.8 Å². The zero-order chi connectivity index (χ0) is 24.7. The number of alkyl halides is 3. The minimum atomic E-state index is -4.86. The van der Waals surface area contributed by atoms with Gasteiger partial charge in [0, 0.05) is 33.3 Å². The SMILES string of the molecule is Cn1c(=O)c2nc(S(=O)(=O)CCC(=O)Nc3ccc(OC(F)(F)F)cc3)n(C)c2n(C)c1=O. The Morgan fingerprint density at radius 2 is 1.67 bits per heavy atom. The molecule has 0 saturated heterocycles. The van der Waals surface area contributed by atoms with Crippen LogP contribution in [0.25, 0.3) is 11.2 Å². The lowest BCUT2D eigenvalue weighted by atomic mass is 10.3. The van der Waals surface area contributed by atoms with Gasteiger partial charge < -0.3 is 14.6 Å². The van der Waals surface area contributed by atoms with Gasteiger partial charge in [-0.2, -0.15) is 0 Å². The van der Waals surface area contributed by atoms with E-state index in [9.17, 15) is 36.0 Å². The number of imidazole rings is 1. The third-order valence-electron chi connectivity index (χ3n) is 4.67. The number of anilines is 1. The fraction of sp³-hybridized carbons (Fsp3) is 0.333. The van der Waals surface area contributed by atoms with E-state index in [1.807, 2.05) is 0 Å². The number of hydrogen-bond donors (Lipinski definition) is 1. The number of sulfone groups is 1. The fourth-order valence-corrected chi connectivity index (χ4v) is 4.49. The largest absolute Gasteiger partial charge is 0.573 e. The molecular weight excluding hydrogens is 471 g/mol. The van der Waals surface area contributed by atoms with Gasteiger partial charge in [-0.25, -0.2) is 18.2 Å². The van der Waals surface area contributed by atoms with E-state index in [2.05, 4.69) is 15.0 Å². The number of aromatic nitrogens is 4. The maximum atomic E-state index is 12.8. The van der Waals surface area contributed by atoms with Crippen LogP contribution in [0.5, 0.6) is 5.75 Å². The molecule has 178 valence electrons. The number of carbonyl (C=O) groups is 1. The smallest absolute Gasteiger partial charge is 0.406 e. The first-order valence-corrected chi connectivity index (χ1v) is 10.9. The van der Waals surface area contributed by atoms with Crippen molar-refractivity contribution >= 4 is 32.6 Å². The van der Waals surface area contributed by atoms with Crippen LogP contribution in [0.3, 0.4) is 0 Å². The Hall–Kier alpha value is -3.62. The van der Waals surface area contributed by atoms with E-state index in [0.717, 1.165) is 38.0 Å². The van der Waals surface area contributed by atoms with Crippen molar-refractivity contribution in [3.05, 3.63) is 45.1 Å². The molecule has 0 aliphatic carbocycles. The van der Waals surface area contributed by atoms with Crippen molar-refractivity contribution in [3.8, 4) is 5.75 Å². The number of aryl methyl sites for hydroxylation is 2. The average molecular weight is 489 g/mol. The molecule has 2 aromatic heterocycles. The summed E-state index contributed by atoms with van der Waals surface area (Å²) in [7, 11) is -0.222. The number of nitrogens with zero attached hydrogens (tertiary/aromatic N) is 4. The van der Waals surface area contributed by atoms with Gasteiger partial charge in [0.05, 0.1) is 5.75 Å². The first kappa shape index (κ1) is 24.0. The summed E-state index contributed by atoms with van der Waals surface area (Å²) in [5.41, 5.74) is -1.50. The van der Waals surface area contributed by atoms with Crippen molar-refractivity contribution in [2.24, 2.45) is 21.1 Å². The number of rotatable bonds is 6. The number of amides is 1. The van der Waals surface area contributed by atoms with Gasteiger partial charge in [-0.05, 0) is 24.3 Å². The van der Waals surface area contributed by atoms with Gasteiger partial charge in [0.25, 0.3) is 5.56 Å². The highest BCUT2D eigenvalue weighted by molar-refractivity contribution is 7.91. The molecule has 3 aromatic rings. The molecule has 0 bridgehead atoms. The van der Waals surface area contributed by atoms with Crippen LogP contribution < -0.4 is 21.3 Å². The van der Waals surface area contributed by atoms with Crippen LogP contribution in [0.4, 0.5) is 18.9 Å². The van der Waals surface area contributed by atoms with Gasteiger partial charge in [0.15, 0.2) is 11.2 Å². The quantitative estimate of drug-likeness (QED) is 0.538. The standard InChI is InChI=1S/C18H18F3N5O6S/c1-24-14-13(15(28)26(3)17(29)25(14)2)23-16(24)33(30,31)9-8-12(27)22-10-4-6-11(7-5-10)32-18(19,20)21/h4-7H,8-9H2,1-3H3,(H,22,27). The summed E-state index contributed by atoms with van der Waals surface area (Å²) >= 11 is 0. The molecular formula is C18H18F3N5O6S. The van der Waals surface area contributed by atoms with E-state index < -0.39 is 56.4 Å². The van der Waals surface area contributed by atoms with Crippen molar-refractivity contribution < 1.29 is 31.1 Å². The molecule has 0 aliphatic heterocycles. The van der Waals surface area contributed by atoms with Gasteiger partial charge in [-0.15, -0.1) is 13.2 Å². The summed E-state index contributed by atoms with van der Waals surface area (Å²) in [5.74, 6) is -1.87. The Bertz CT molecular complexity index is 1450. The number of halogens is 3. The molecule has 0 spiro atoms. The molecule has 33 heavy (non-hydrogen) atoms. The first-order chi connectivity index (χ1) is 15.2. The molecule has 0 saturated carbocycles. The highest BCUT2D eigenvalue weighted by Crippen LogP contribution is 2.24. The Morgan fingerprint density at radius 3 is 2.24 bits per heavy atom. The molecule has 0 radical (unpaired) electrons. The molecule has 0 aliphatic rings. The molecule has 11 nitrogen and oxygen atoms in total. The van der Waals surface area contributed by atoms with E-state index in [-0.39, 0.29) is 16.9 Å². The Balaban J connectivity index is 1.76. The lowest BCUT2D eigenvalue weighted by molar-refractivity contribution is -0.274. The second-order valence-electron chi connectivity index (χ2n) is 7.02. The minimum absolute atomic E-state index is 0.00675. The number of carbonyl (C=O) groups excluding carboxylic acids is 1. The summed E-state index contributed by atoms with van der Waals surface area (Å²) in [4.78, 5) is 40.5. The second-order valence-corrected chi connectivity index (χ2v) is 9.02. The maximum Gasteiger partial charge on any atom is 0.573 e. The fourth-order valence-electron chi connectivity index (χ4n) is 3.12. The monoisotopic (exact) mass is 489 g/mol. The summed E-state index contributed by atoms with van der Waals surface area (Å²) in [6.07, 6.45) is -5.35. The van der Waals surface area contributed by atoms with Gasteiger partial charge in [0.1, 0.15) is 5.75 Å². The first-order valence-electron chi connectivity index (χ1n) is 9.22. The Kier molecular flexibility index (Phi) is 6.10. The highest BCUT2D eigenvalue weighted by Gasteiger charge is 2.31. The molecule has 15 heteroatoms. The van der Waals surface area contributed by atoms with Crippen molar-refractivity contribution in [3.63, 3.8) is 0 Å². The summed E-state index contributed by atoms with van der Waals surface area (Å²) in [5, 5.41) is 1.88. The van der Waals surface area contributed by atoms with Gasteiger partial charge in [-0.3, -0.25) is 18.7 Å². The predicted octanol–water partition coefficient (Wildman–Crippen LogP) is 0.672. The number of nitrogens with one attached hydrogen (secondary N) is 1. The third kappa shape index (κ3) is 4.92. The second kappa shape index (κ2) is 8.38. The van der Waals surface area contributed by atoms with Gasteiger partial charge in [-0.1, -0.05) is 0 Å². The zero-order valence-corrected chi connectivity index (χ0v) is 18.3. The van der Waals surface area contributed by atoms with Crippen molar-refractivity contribution in [2.45, 2.75) is 17.9 Å². The molecule has 1 amide bonds. The molecule has 3 rings (SSSR count). The van der Waals surface area contributed by atoms with Gasteiger partial charge >= 0.3 is 12.1 Å². The van der Waals surface area contributed by atoms with Crippen molar-refractivity contribution in [1.29, 1.82) is 0 Å². The van der Waals surface area contributed by atoms with Gasteiger partial charge in [0.2, 0.25) is 20.9 Å². The highest BCUT2D eigenvalue weighted by atomic mass is 32.2. The predicted molar refractivity (Wildman–Crippen MR) is 110 cm³/mol. The van der Waals surface area contributed by atoms with E-state index in [1.165, 1.54) is 21.1 Å². The summed E-state index contributed by atoms with van der Waals surface area (Å²) in [6, 6.07) is 4.30. The van der Waals surface area contributed by atoms with E-state index in [4.69, 9.17) is 0 Å². The van der Waals surface area contributed by atoms with E-state index in [1.54, 1.807) is 0 Å². The summed E-state index contributed by atoms with van der Waals surface area (Å²) in [6.45, 7) is 0. The molecule has 2 heterocycles. The van der Waals surface area contributed by atoms with E-state index in [0.29, 0.717) is 0 Å². The number of benzene rings is 1. The van der Waals surface area contributed by atoms with Crippen LogP contribution >= 0.6 is 0 Å². The van der Waals surface area contributed by atoms with Crippen LogP contribution in [0.2, 0.25) is 0 Å². The molecule has 1 N–H and O–H groups in total. The molecule has 1 aromatic carbocycles. The van der Waals surface area contributed by atoms with Crippen LogP contribution in [0, 0.1) is 0 Å². The van der Waals surface area contributed by atoms with E-state index >= 15 is 0 Å². The molecule has 0 atom stereocenters. The lowest BCUT2D eigenvalue weighted by Gasteiger charge is -2.10. The third-order valence-corrected chi connectivity index (χ3v) is 6.33.